The van der Waals surface area contributed by atoms with Gasteiger partial charge in [0.1, 0.15) is 11.8 Å². The highest BCUT2D eigenvalue weighted by Gasteiger charge is 2.16. The molecule has 0 saturated heterocycles. The summed E-state index contributed by atoms with van der Waals surface area (Å²) in [5, 5.41) is 29.8. The molecular weight excluding hydrogens is 352 g/mol. The molecule has 142 valence electrons. The minimum atomic E-state index is -0.812. The number of nitrogens with zero attached hydrogens (tertiary/aromatic N) is 2. The van der Waals surface area contributed by atoms with E-state index in [2.05, 4.69) is 15.8 Å². The number of nitro benzene ring substituents is 1. The van der Waals surface area contributed by atoms with Crippen molar-refractivity contribution in [3.63, 3.8) is 0 Å². The van der Waals surface area contributed by atoms with Gasteiger partial charge in [0.05, 0.1) is 24.3 Å². The zero-order valence-electron chi connectivity index (χ0n) is 14.8. The monoisotopic (exact) mass is 371 g/mol. The van der Waals surface area contributed by atoms with Gasteiger partial charge in [-0.05, 0) is 35.9 Å². The van der Waals surface area contributed by atoms with E-state index in [9.17, 15) is 20.0 Å². The minimum Gasteiger partial charge on any atom is -0.867 e. The molecule has 2 N–H and O–H groups in total. The molecule has 0 radical (unpaired) electrons. The van der Waals surface area contributed by atoms with Crippen molar-refractivity contribution in [2.75, 3.05) is 12.4 Å². The largest absolute Gasteiger partial charge is 0.867 e. The second-order valence-electron chi connectivity index (χ2n) is 5.53. The molecule has 0 aliphatic rings. The highest BCUT2D eigenvalue weighted by Crippen LogP contribution is 2.31. The Bertz CT molecular complexity index is 839. The first-order valence-corrected chi connectivity index (χ1v) is 8.14. The first-order chi connectivity index (χ1) is 13.0. The van der Waals surface area contributed by atoms with E-state index >= 15 is 0 Å². The van der Waals surface area contributed by atoms with E-state index in [1.165, 1.54) is 13.2 Å². The van der Waals surface area contributed by atoms with Crippen molar-refractivity contribution in [2.24, 2.45) is 5.10 Å². The third-order valence-corrected chi connectivity index (χ3v) is 3.72. The van der Waals surface area contributed by atoms with Crippen molar-refractivity contribution >= 4 is 23.5 Å². The van der Waals surface area contributed by atoms with Gasteiger partial charge in [0, 0.05) is 5.69 Å². The van der Waals surface area contributed by atoms with Crippen LogP contribution in [0.1, 0.15) is 18.9 Å². The molecule has 2 aromatic rings. The van der Waals surface area contributed by atoms with Crippen LogP contribution in [0.15, 0.2) is 47.6 Å². The molecule has 0 spiro atoms. The second kappa shape index (κ2) is 9.18. The smallest absolute Gasteiger partial charge is 0.266 e. The number of benzene rings is 2. The molecule has 1 atom stereocenters. The molecule has 2 aromatic carbocycles. The summed E-state index contributed by atoms with van der Waals surface area (Å²) in [5.74, 6) is -1.07. The molecule has 0 aliphatic carbocycles. The summed E-state index contributed by atoms with van der Waals surface area (Å²) in [6.07, 6.45) is 1.57. The SMILES string of the molecule is CC[C@@H](Nc1ccccc1)C(=O)N/N=C\c1cc(OC)cc([N+](=O)[O-])c1[O-]. The summed E-state index contributed by atoms with van der Waals surface area (Å²) in [6, 6.07) is 11.0. The number of nitrogens with one attached hydrogen (secondary N) is 2. The number of carbonyl (C=O) groups excluding carboxylic acids is 1. The molecule has 27 heavy (non-hydrogen) atoms. The van der Waals surface area contributed by atoms with Gasteiger partial charge in [-0.1, -0.05) is 25.1 Å². The first kappa shape index (κ1) is 19.7. The molecular formula is C18H19N4O5-. The average Bonchev–Trinajstić information content (AvgIpc) is 2.67. The fourth-order valence-corrected chi connectivity index (χ4v) is 2.29. The Hall–Kier alpha value is -3.62. The number of anilines is 1. The molecule has 2 rings (SSSR count). The van der Waals surface area contributed by atoms with Crippen LogP contribution in [0.25, 0.3) is 0 Å². The van der Waals surface area contributed by atoms with Gasteiger partial charge in [0.2, 0.25) is 0 Å². The number of rotatable bonds is 8. The lowest BCUT2D eigenvalue weighted by Crippen LogP contribution is -2.36. The van der Waals surface area contributed by atoms with E-state index in [0.717, 1.165) is 18.0 Å². The maximum atomic E-state index is 12.3. The van der Waals surface area contributed by atoms with E-state index in [1.54, 1.807) is 0 Å². The molecule has 0 heterocycles. The maximum Gasteiger partial charge on any atom is 0.266 e. The average molecular weight is 371 g/mol. The molecule has 9 nitrogen and oxygen atoms in total. The summed E-state index contributed by atoms with van der Waals surface area (Å²) in [6.45, 7) is 1.84. The predicted molar refractivity (Wildman–Crippen MR) is 99.0 cm³/mol. The molecule has 0 aliphatic heterocycles. The molecule has 0 saturated carbocycles. The van der Waals surface area contributed by atoms with Gasteiger partial charge in [0.25, 0.3) is 11.6 Å². The van der Waals surface area contributed by atoms with Crippen LogP contribution in [0, 0.1) is 10.1 Å². The van der Waals surface area contributed by atoms with Crippen LogP contribution in [0.3, 0.4) is 0 Å². The number of hydrogen-bond acceptors (Lipinski definition) is 7. The van der Waals surface area contributed by atoms with Gasteiger partial charge < -0.3 is 15.2 Å². The van der Waals surface area contributed by atoms with Crippen LogP contribution in [0.4, 0.5) is 11.4 Å². The van der Waals surface area contributed by atoms with Gasteiger partial charge in [-0.3, -0.25) is 14.9 Å². The normalized spacial score (nSPS) is 11.8. The Morgan fingerprint density at radius 3 is 2.63 bits per heavy atom. The minimum absolute atomic E-state index is 0.0644. The lowest BCUT2D eigenvalue weighted by Gasteiger charge is -2.16. The van der Waals surface area contributed by atoms with Crippen LogP contribution in [-0.2, 0) is 4.79 Å². The molecule has 0 unspecified atom stereocenters. The Balaban J connectivity index is 2.10. The fraction of sp³-hybridized carbons (Fsp3) is 0.222. The third kappa shape index (κ3) is 5.18. The number of methoxy groups -OCH3 is 1. The molecule has 1 amide bonds. The van der Waals surface area contributed by atoms with Crippen LogP contribution >= 0.6 is 0 Å². The highest BCUT2D eigenvalue weighted by molar-refractivity contribution is 5.89. The Kier molecular flexibility index (Phi) is 6.70. The maximum absolute atomic E-state index is 12.3. The number of hydrogen-bond donors (Lipinski definition) is 2. The van der Waals surface area contributed by atoms with Gasteiger partial charge in [-0.25, -0.2) is 5.43 Å². The van der Waals surface area contributed by atoms with Crippen molar-refractivity contribution in [1.82, 2.24) is 5.43 Å². The van der Waals surface area contributed by atoms with Crippen molar-refractivity contribution in [3.05, 3.63) is 58.1 Å². The second-order valence-corrected chi connectivity index (χ2v) is 5.53. The zero-order chi connectivity index (χ0) is 19.8. The van der Waals surface area contributed by atoms with Gasteiger partial charge in [-0.2, -0.15) is 5.10 Å². The van der Waals surface area contributed by atoms with Crippen LogP contribution in [0.5, 0.6) is 11.5 Å². The third-order valence-electron chi connectivity index (χ3n) is 3.72. The number of carbonyl (C=O) groups is 1. The molecule has 0 fully saturated rings. The van der Waals surface area contributed by atoms with E-state index in [1.807, 2.05) is 37.3 Å². The molecule has 0 bridgehead atoms. The standard InChI is InChI=1S/C18H20N4O5/c1-3-15(20-13-7-5-4-6-8-13)18(24)21-19-11-12-9-14(27-2)10-16(17(12)23)22(25)26/h4-11,15,20,23H,3H2,1-2H3,(H,21,24)/p-1/b19-11-/t15-/m1/s1. The van der Waals surface area contributed by atoms with E-state index in [-0.39, 0.29) is 11.3 Å². The van der Waals surface area contributed by atoms with Crippen LogP contribution in [0.2, 0.25) is 0 Å². The molecule has 0 aromatic heterocycles. The summed E-state index contributed by atoms with van der Waals surface area (Å²) in [7, 11) is 1.33. The van der Waals surface area contributed by atoms with Gasteiger partial charge in [0.15, 0.2) is 0 Å². The summed E-state index contributed by atoms with van der Waals surface area (Å²) in [5.41, 5.74) is 2.43. The van der Waals surface area contributed by atoms with Crippen molar-refractivity contribution in [2.45, 2.75) is 19.4 Å². The summed E-state index contributed by atoms with van der Waals surface area (Å²) >= 11 is 0. The van der Waals surface area contributed by atoms with Crippen LogP contribution < -0.4 is 20.6 Å². The van der Waals surface area contributed by atoms with Crippen molar-refractivity contribution in [1.29, 1.82) is 0 Å². The first-order valence-electron chi connectivity index (χ1n) is 8.14. The highest BCUT2D eigenvalue weighted by atomic mass is 16.6. The quantitative estimate of drug-likeness (QED) is 0.415. The fourth-order valence-electron chi connectivity index (χ4n) is 2.29. The molecule has 9 heteroatoms. The zero-order valence-corrected chi connectivity index (χ0v) is 14.8. The van der Waals surface area contributed by atoms with E-state index in [4.69, 9.17) is 4.74 Å². The number of ether oxygens (including phenoxy) is 1. The topological polar surface area (TPSA) is 129 Å². The van der Waals surface area contributed by atoms with Crippen LogP contribution in [-0.4, -0.2) is 30.2 Å². The van der Waals surface area contributed by atoms with E-state index < -0.39 is 28.3 Å². The van der Waals surface area contributed by atoms with Crippen molar-refractivity contribution < 1.29 is 19.6 Å². The van der Waals surface area contributed by atoms with E-state index in [0.29, 0.717) is 6.42 Å². The Morgan fingerprint density at radius 2 is 2.04 bits per heavy atom. The Morgan fingerprint density at radius 1 is 1.33 bits per heavy atom. The van der Waals surface area contributed by atoms with Gasteiger partial charge in [-0.15, -0.1) is 0 Å². The number of hydrazone groups is 1. The summed E-state index contributed by atoms with van der Waals surface area (Å²) < 4.78 is 4.95. The lowest BCUT2D eigenvalue weighted by molar-refractivity contribution is -0.398. The Labute approximate surface area is 155 Å². The van der Waals surface area contributed by atoms with Gasteiger partial charge >= 0.3 is 0 Å². The lowest BCUT2D eigenvalue weighted by atomic mass is 10.1. The number of para-hydroxylation sites is 1. The number of nitro groups is 1. The number of amides is 1. The summed E-state index contributed by atoms with van der Waals surface area (Å²) in [4.78, 5) is 22.4. The van der Waals surface area contributed by atoms with Crippen molar-refractivity contribution in [3.8, 4) is 11.5 Å². The predicted octanol–water partition coefficient (Wildman–Crippen LogP) is 2.02.